The number of halogens is 1. The third kappa shape index (κ3) is 5.60. The van der Waals surface area contributed by atoms with Crippen LogP contribution in [0.1, 0.15) is 87.6 Å². The number of piperidine rings is 1. The highest BCUT2D eigenvalue weighted by molar-refractivity contribution is 6.30. The van der Waals surface area contributed by atoms with E-state index in [9.17, 15) is 9.90 Å². The minimum Gasteiger partial charge on any atom is -0.478 e. The third-order valence-corrected chi connectivity index (χ3v) is 9.60. The number of likely N-dealkylation sites (tertiary alicyclic amines) is 1. The van der Waals surface area contributed by atoms with Gasteiger partial charge in [-0.1, -0.05) is 72.3 Å². The van der Waals surface area contributed by atoms with Gasteiger partial charge < -0.3 is 9.67 Å². The molecule has 7 rings (SSSR count). The van der Waals surface area contributed by atoms with E-state index in [-0.39, 0.29) is 5.92 Å². The van der Waals surface area contributed by atoms with E-state index in [0.29, 0.717) is 17.5 Å². The fourth-order valence-corrected chi connectivity index (χ4v) is 6.99. The van der Waals surface area contributed by atoms with Crippen molar-refractivity contribution in [2.75, 3.05) is 13.1 Å². The molecule has 0 bridgehead atoms. The second-order valence-corrected chi connectivity index (χ2v) is 12.6. The molecule has 2 heterocycles. The normalized spacial score (nSPS) is 16.9. The van der Waals surface area contributed by atoms with Gasteiger partial charge in [-0.25, -0.2) is 9.78 Å². The van der Waals surface area contributed by atoms with Gasteiger partial charge in [-0.15, -0.1) is 0 Å². The van der Waals surface area contributed by atoms with Crippen molar-refractivity contribution in [3.63, 3.8) is 0 Å². The molecule has 1 N–H and O–H groups in total. The SMILES string of the molecule is Cc1c(CN2CCC(n3c(C4CC4)nc4ccc(C(c5ccccc5)c5ccc(Cl)cc5)cc43)CC2)cccc1C(=O)O. The van der Waals surface area contributed by atoms with Crippen LogP contribution in [0.2, 0.25) is 5.02 Å². The molecule has 2 aliphatic rings. The summed E-state index contributed by atoms with van der Waals surface area (Å²) >= 11 is 6.28. The van der Waals surface area contributed by atoms with E-state index < -0.39 is 5.97 Å². The number of carbonyl (C=O) groups is 1. The maximum atomic E-state index is 11.7. The Labute approximate surface area is 257 Å². The minimum absolute atomic E-state index is 0.0993. The van der Waals surface area contributed by atoms with E-state index >= 15 is 0 Å². The van der Waals surface area contributed by atoms with E-state index in [1.54, 1.807) is 6.07 Å². The lowest BCUT2D eigenvalue weighted by atomic mass is 9.85. The Kier molecular flexibility index (Phi) is 7.54. The zero-order valence-electron chi connectivity index (χ0n) is 24.4. The van der Waals surface area contributed by atoms with Gasteiger partial charge in [0.15, 0.2) is 0 Å². The average Bonchev–Trinajstić information content (AvgIpc) is 3.80. The van der Waals surface area contributed by atoms with Crippen molar-refractivity contribution < 1.29 is 9.90 Å². The Bertz CT molecular complexity index is 1770. The highest BCUT2D eigenvalue weighted by Crippen LogP contribution is 2.44. The van der Waals surface area contributed by atoms with Gasteiger partial charge in [0.1, 0.15) is 5.82 Å². The van der Waals surface area contributed by atoms with Gasteiger partial charge in [-0.3, -0.25) is 4.90 Å². The number of hydrogen-bond acceptors (Lipinski definition) is 3. The summed E-state index contributed by atoms with van der Waals surface area (Å²) in [5.74, 6) is 1.04. The van der Waals surface area contributed by atoms with E-state index in [1.165, 1.54) is 40.9 Å². The van der Waals surface area contributed by atoms with Crippen LogP contribution in [-0.2, 0) is 6.54 Å². The van der Waals surface area contributed by atoms with Crippen molar-refractivity contribution in [1.82, 2.24) is 14.5 Å². The van der Waals surface area contributed by atoms with Crippen LogP contribution in [-0.4, -0.2) is 38.6 Å². The second kappa shape index (κ2) is 11.6. The molecular formula is C37H36ClN3O2. The van der Waals surface area contributed by atoms with Crippen molar-refractivity contribution in [3.05, 3.63) is 135 Å². The Morgan fingerprint density at radius 1 is 0.884 bits per heavy atom. The summed E-state index contributed by atoms with van der Waals surface area (Å²) in [7, 11) is 0. The lowest BCUT2D eigenvalue weighted by Crippen LogP contribution is -2.34. The van der Waals surface area contributed by atoms with Crippen LogP contribution in [0.4, 0.5) is 0 Å². The van der Waals surface area contributed by atoms with Crippen LogP contribution in [0.25, 0.3) is 11.0 Å². The summed E-state index contributed by atoms with van der Waals surface area (Å²) in [5.41, 5.74) is 8.42. The molecule has 0 spiro atoms. The summed E-state index contributed by atoms with van der Waals surface area (Å²) in [6, 6.07) is 31.8. The van der Waals surface area contributed by atoms with Crippen LogP contribution in [0, 0.1) is 6.92 Å². The maximum Gasteiger partial charge on any atom is 0.335 e. The number of benzene rings is 4. The number of nitrogens with zero attached hydrogens (tertiary/aromatic N) is 3. The summed E-state index contributed by atoms with van der Waals surface area (Å²) in [5, 5.41) is 10.3. The minimum atomic E-state index is -0.859. The lowest BCUT2D eigenvalue weighted by Gasteiger charge is -2.34. The van der Waals surface area contributed by atoms with Gasteiger partial charge in [-0.2, -0.15) is 0 Å². The van der Waals surface area contributed by atoms with Crippen molar-refractivity contribution in [2.24, 2.45) is 0 Å². The number of hydrogen-bond donors (Lipinski definition) is 1. The van der Waals surface area contributed by atoms with E-state index in [4.69, 9.17) is 16.6 Å². The van der Waals surface area contributed by atoms with Gasteiger partial charge in [0.25, 0.3) is 0 Å². The number of aromatic nitrogens is 2. The molecule has 1 aromatic heterocycles. The molecule has 1 aliphatic carbocycles. The highest BCUT2D eigenvalue weighted by Gasteiger charge is 2.33. The summed E-state index contributed by atoms with van der Waals surface area (Å²) in [6.45, 7) is 4.66. The number of rotatable bonds is 8. The first-order valence-electron chi connectivity index (χ1n) is 15.3. The number of carboxylic acids is 1. The number of carboxylic acid groups (broad SMARTS) is 1. The standard InChI is InChI=1S/C37H36ClN3O2/c1-24-29(8-5-9-32(24)37(42)43)23-40-20-18-31(19-21-40)41-34-22-28(14-17-33(34)39-36(41)27-10-11-27)35(25-6-3-2-4-7-25)26-12-15-30(38)16-13-26/h2-9,12-17,22,27,31,35H,10-11,18-21,23H2,1H3,(H,42,43). The number of aromatic carboxylic acids is 1. The van der Waals surface area contributed by atoms with Crippen LogP contribution in [0.3, 0.4) is 0 Å². The van der Waals surface area contributed by atoms with Crippen molar-refractivity contribution in [1.29, 1.82) is 0 Å². The molecule has 1 aliphatic heterocycles. The van der Waals surface area contributed by atoms with E-state index in [1.807, 2.05) is 25.1 Å². The second-order valence-electron chi connectivity index (χ2n) is 12.2. The first-order valence-corrected chi connectivity index (χ1v) is 15.7. The largest absolute Gasteiger partial charge is 0.478 e. The summed E-state index contributed by atoms with van der Waals surface area (Å²) in [6.07, 6.45) is 4.52. The highest BCUT2D eigenvalue weighted by atomic mass is 35.5. The van der Waals surface area contributed by atoms with E-state index in [0.717, 1.165) is 54.1 Å². The van der Waals surface area contributed by atoms with Gasteiger partial charge in [0.05, 0.1) is 16.6 Å². The van der Waals surface area contributed by atoms with Gasteiger partial charge in [-0.05, 0) is 90.8 Å². The summed E-state index contributed by atoms with van der Waals surface area (Å²) in [4.78, 5) is 19.3. The molecular weight excluding hydrogens is 554 g/mol. The van der Waals surface area contributed by atoms with Crippen LogP contribution in [0.5, 0.6) is 0 Å². The molecule has 0 radical (unpaired) electrons. The maximum absolute atomic E-state index is 11.7. The average molecular weight is 590 g/mol. The molecule has 43 heavy (non-hydrogen) atoms. The third-order valence-electron chi connectivity index (χ3n) is 9.35. The van der Waals surface area contributed by atoms with Gasteiger partial charge >= 0.3 is 5.97 Å². The molecule has 0 amide bonds. The quantitative estimate of drug-likeness (QED) is 0.184. The Balaban J connectivity index is 1.20. The molecule has 1 unspecified atom stereocenters. The molecule has 5 aromatic rings. The van der Waals surface area contributed by atoms with Crippen molar-refractivity contribution in [2.45, 2.75) is 57.0 Å². The molecule has 1 saturated heterocycles. The predicted molar refractivity (Wildman–Crippen MR) is 172 cm³/mol. The Hall–Kier alpha value is -3.93. The fraction of sp³-hybridized carbons (Fsp3) is 0.297. The first-order chi connectivity index (χ1) is 21.0. The lowest BCUT2D eigenvalue weighted by molar-refractivity contribution is 0.0695. The molecule has 1 atom stereocenters. The predicted octanol–water partition coefficient (Wildman–Crippen LogP) is 8.59. The Morgan fingerprint density at radius 2 is 1.58 bits per heavy atom. The molecule has 5 nitrogen and oxygen atoms in total. The zero-order chi connectivity index (χ0) is 29.5. The number of fused-ring (bicyclic) bond motifs is 1. The first kappa shape index (κ1) is 27.9. The van der Waals surface area contributed by atoms with Crippen molar-refractivity contribution in [3.8, 4) is 0 Å². The van der Waals surface area contributed by atoms with Crippen LogP contribution in [0.15, 0.2) is 91.0 Å². The summed E-state index contributed by atoms with van der Waals surface area (Å²) < 4.78 is 2.58. The van der Waals surface area contributed by atoms with Gasteiger partial charge in [0, 0.05) is 42.5 Å². The molecule has 6 heteroatoms. The molecule has 4 aromatic carbocycles. The van der Waals surface area contributed by atoms with Crippen LogP contribution < -0.4 is 0 Å². The zero-order valence-corrected chi connectivity index (χ0v) is 25.2. The van der Waals surface area contributed by atoms with Crippen LogP contribution >= 0.6 is 11.6 Å². The van der Waals surface area contributed by atoms with Crippen molar-refractivity contribution >= 4 is 28.6 Å². The molecule has 218 valence electrons. The van der Waals surface area contributed by atoms with Gasteiger partial charge in [0.2, 0.25) is 0 Å². The Morgan fingerprint density at radius 3 is 2.28 bits per heavy atom. The number of imidazole rings is 1. The molecule has 2 fully saturated rings. The topological polar surface area (TPSA) is 58.4 Å². The molecule has 1 saturated carbocycles. The monoisotopic (exact) mass is 589 g/mol. The fourth-order valence-electron chi connectivity index (χ4n) is 6.86. The smallest absolute Gasteiger partial charge is 0.335 e. The van der Waals surface area contributed by atoms with E-state index in [2.05, 4.69) is 76.2 Å².